The van der Waals surface area contributed by atoms with Gasteiger partial charge in [0.2, 0.25) is 0 Å². The Morgan fingerprint density at radius 2 is 1.90 bits per heavy atom. The van der Waals surface area contributed by atoms with Crippen molar-refractivity contribution in [2.24, 2.45) is 5.73 Å². The number of phenols is 1. The Balaban J connectivity index is 2.20. The zero-order valence-corrected chi connectivity index (χ0v) is 12.2. The molecule has 0 spiro atoms. The van der Waals surface area contributed by atoms with Crippen molar-refractivity contribution < 1.29 is 9.50 Å². The van der Waals surface area contributed by atoms with Crippen LogP contribution in [-0.2, 0) is 6.54 Å². The first kappa shape index (κ1) is 15.5. The van der Waals surface area contributed by atoms with Gasteiger partial charge in [0.05, 0.1) is 0 Å². The first-order valence-corrected chi connectivity index (χ1v) is 7.08. The lowest BCUT2D eigenvalue weighted by Gasteiger charge is -2.29. The molecule has 4 heteroatoms. The molecule has 0 saturated heterocycles. The Labute approximate surface area is 124 Å². The third-order valence-corrected chi connectivity index (χ3v) is 3.64. The van der Waals surface area contributed by atoms with E-state index in [0.29, 0.717) is 18.7 Å². The molecule has 1 atom stereocenters. The van der Waals surface area contributed by atoms with E-state index in [9.17, 15) is 9.50 Å². The smallest absolute Gasteiger partial charge is 0.126 e. The summed E-state index contributed by atoms with van der Waals surface area (Å²) >= 11 is 0. The van der Waals surface area contributed by atoms with Crippen LogP contribution < -0.4 is 5.73 Å². The number of hydrogen-bond acceptors (Lipinski definition) is 3. The third kappa shape index (κ3) is 4.03. The number of benzene rings is 2. The van der Waals surface area contributed by atoms with Crippen molar-refractivity contribution in [1.29, 1.82) is 0 Å². The topological polar surface area (TPSA) is 49.5 Å². The summed E-state index contributed by atoms with van der Waals surface area (Å²) in [6, 6.07) is 14.2. The van der Waals surface area contributed by atoms with Gasteiger partial charge in [-0.1, -0.05) is 36.4 Å². The Hall–Kier alpha value is -1.91. The molecule has 3 N–H and O–H groups in total. The number of aromatic hydroxyl groups is 1. The molecule has 2 aromatic carbocycles. The van der Waals surface area contributed by atoms with E-state index in [2.05, 4.69) is 17.0 Å². The molecule has 0 saturated carbocycles. The molecule has 21 heavy (non-hydrogen) atoms. The molecule has 0 aliphatic heterocycles. The molecule has 2 aromatic rings. The average Bonchev–Trinajstić information content (AvgIpc) is 2.47. The molecule has 0 heterocycles. The van der Waals surface area contributed by atoms with Gasteiger partial charge in [-0.2, -0.15) is 0 Å². The average molecular weight is 288 g/mol. The van der Waals surface area contributed by atoms with Gasteiger partial charge in [0.15, 0.2) is 0 Å². The van der Waals surface area contributed by atoms with Gasteiger partial charge in [-0.05, 0) is 18.6 Å². The van der Waals surface area contributed by atoms with Crippen LogP contribution in [0.2, 0.25) is 0 Å². The number of phenolic OH excluding ortho intramolecular Hbond substituents is 1. The van der Waals surface area contributed by atoms with Crippen molar-refractivity contribution in [3.8, 4) is 5.75 Å². The van der Waals surface area contributed by atoms with Gasteiger partial charge in [0.1, 0.15) is 11.6 Å². The van der Waals surface area contributed by atoms with Gasteiger partial charge in [0, 0.05) is 37.3 Å². The molecular weight excluding hydrogens is 267 g/mol. The van der Waals surface area contributed by atoms with E-state index in [1.807, 2.05) is 25.1 Å². The largest absolute Gasteiger partial charge is 0.508 e. The van der Waals surface area contributed by atoms with Gasteiger partial charge < -0.3 is 10.8 Å². The maximum atomic E-state index is 13.1. The normalized spacial score (nSPS) is 12.6. The Morgan fingerprint density at radius 3 is 2.52 bits per heavy atom. The molecule has 1 unspecified atom stereocenters. The third-order valence-electron chi connectivity index (χ3n) is 3.64. The molecule has 112 valence electrons. The summed E-state index contributed by atoms with van der Waals surface area (Å²) < 4.78 is 13.1. The summed E-state index contributed by atoms with van der Waals surface area (Å²) in [4.78, 5) is 2.17. The lowest BCUT2D eigenvalue weighted by atomic mass is 10.0. The molecule has 0 bridgehead atoms. The summed E-state index contributed by atoms with van der Waals surface area (Å²) in [7, 11) is 0. The minimum Gasteiger partial charge on any atom is -0.508 e. The number of nitrogens with two attached hydrogens (primary N) is 1. The quantitative estimate of drug-likeness (QED) is 0.859. The fraction of sp³-hybridized carbons (Fsp3) is 0.294. The SMILES string of the molecule is CC(c1ccc(F)cc1O)N(CCN)Cc1ccccc1. The highest BCUT2D eigenvalue weighted by molar-refractivity contribution is 5.35. The van der Waals surface area contributed by atoms with Crippen LogP contribution >= 0.6 is 0 Å². The first-order chi connectivity index (χ1) is 10.1. The Kier molecular flexibility index (Phi) is 5.31. The Bertz CT molecular complexity index is 574. The number of hydrogen-bond donors (Lipinski definition) is 2. The maximum absolute atomic E-state index is 13.1. The molecular formula is C17H21FN2O. The van der Waals surface area contributed by atoms with Crippen molar-refractivity contribution in [3.63, 3.8) is 0 Å². The summed E-state index contributed by atoms with van der Waals surface area (Å²) in [5, 5.41) is 9.95. The van der Waals surface area contributed by atoms with E-state index < -0.39 is 5.82 Å². The fourth-order valence-corrected chi connectivity index (χ4v) is 2.46. The highest BCUT2D eigenvalue weighted by atomic mass is 19.1. The molecule has 0 aromatic heterocycles. The molecule has 3 nitrogen and oxygen atoms in total. The van der Waals surface area contributed by atoms with Crippen molar-refractivity contribution >= 4 is 0 Å². The van der Waals surface area contributed by atoms with Crippen molar-refractivity contribution in [1.82, 2.24) is 4.90 Å². The minimum absolute atomic E-state index is 0.0161. The maximum Gasteiger partial charge on any atom is 0.126 e. The second-order valence-corrected chi connectivity index (χ2v) is 5.12. The molecule has 2 rings (SSSR count). The van der Waals surface area contributed by atoms with Gasteiger partial charge in [-0.25, -0.2) is 4.39 Å². The van der Waals surface area contributed by atoms with Crippen LogP contribution in [0.1, 0.15) is 24.1 Å². The van der Waals surface area contributed by atoms with Crippen LogP contribution in [0.25, 0.3) is 0 Å². The zero-order chi connectivity index (χ0) is 15.2. The van der Waals surface area contributed by atoms with Crippen LogP contribution in [0.5, 0.6) is 5.75 Å². The van der Waals surface area contributed by atoms with Gasteiger partial charge in [0.25, 0.3) is 0 Å². The summed E-state index contributed by atoms with van der Waals surface area (Å²) in [5.41, 5.74) is 7.59. The molecule has 0 fully saturated rings. The number of halogens is 1. The lowest BCUT2D eigenvalue weighted by molar-refractivity contribution is 0.204. The van der Waals surface area contributed by atoms with E-state index >= 15 is 0 Å². The molecule has 0 radical (unpaired) electrons. The van der Waals surface area contributed by atoms with Crippen LogP contribution in [0.3, 0.4) is 0 Å². The number of nitrogens with zero attached hydrogens (tertiary/aromatic N) is 1. The molecule has 0 amide bonds. The van der Waals surface area contributed by atoms with Crippen LogP contribution in [0.4, 0.5) is 4.39 Å². The zero-order valence-electron chi connectivity index (χ0n) is 12.2. The van der Waals surface area contributed by atoms with Crippen LogP contribution in [0, 0.1) is 5.82 Å². The highest BCUT2D eigenvalue weighted by Gasteiger charge is 2.18. The standard InChI is InChI=1S/C17H21FN2O/c1-13(16-8-7-15(18)11-17(16)21)20(10-9-19)12-14-5-3-2-4-6-14/h2-8,11,13,21H,9-10,12,19H2,1H3. The summed E-state index contributed by atoms with van der Waals surface area (Å²) in [6.45, 7) is 3.95. The van der Waals surface area contributed by atoms with E-state index in [1.165, 1.54) is 11.6 Å². The first-order valence-electron chi connectivity index (χ1n) is 7.08. The van der Waals surface area contributed by atoms with Crippen LogP contribution in [-0.4, -0.2) is 23.1 Å². The predicted octanol–water partition coefficient (Wildman–Crippen LogP) is 3.05. The summed E-state index contributed by atoms with van der Waals surface area (Å²) in [5.74, 6) is -0.450. The van der Waals surface area contributed by atoms with Gasteiger partial charge >= 0.3 is 0 Å². The predicted molar refractivity (Wildman–Crippen MR) is 82.4 cm³/mol. The van der Waals surface area contributed by atoms with E-state index in [0.717, 1.165) is 12.6 Å². The molecule has 0 aliphatic rings. The van der Waals surface area contributed by atoms with Gasteiger partial charge in [-0.3, -0.25) is 4.90 Å². The van der Waals surface area contributed by atoms with E-state index in [1.54, 1.807) is 6.07 Å². The lowest BCUT2D eigenvalue weighted by Crippen LogP contribution is -2.31. The van der Waals surface area contributed by atoms with Gasteiger partial charge in [-0.15, -0.1) is 0 Å². The monoisotopic (exact) mass is 288 g/mol. The summed E-state index contributed by atoms with van der Waals surface area (Å²) in [6.07, 6.45) is 0. The van der Waals surface area contributed by atoms with Crippen molar-refractivity contribution in [2.45, 2.75) is 19.5 Å². The van der Waals surface area contributed by atoms with Crippen LogP contribution in [0.15, 0.2) is 48.5 Å². The van der Waals surface area contributed by atoms with Crippen molar-refractivity contribution in [3.05, 3.63) is 65.5 Å². The second kappa shape index (κ2) is 7.20. The molecule has 0 aliphatic carbocycles. The highest BCUT2D eigenvalue weighted by Crippen LogP contribution is 2.29. The second-order valence-electron chi connectivity index (χ2n) is 5.12. The number of rotatable bonds is 6. The fourth-order valence-electron chi connectivity index (χ4n) is 2.46. The Morgan fingerprint density at radius 1 is 1.19 bits per heavy atom. The van der Waals surface area contributed by atoms with E-state index in [4.69, 9.17) is 5.73 Å². The van der Waals surface area contributed by atoms with E-state index in [-0.39, 0.29) is 11.8 Å². The minimum atomic E-state index is -0.433. The van der Waals surface area contributed by atoms with Crippen molar-refractivity contribution in [2.75, 3.05) is 13.1 Å².